The standard InChI is InChI=1S/C12H16OS/c1-10(9-13-3)11(2)14-12-7-5-4-6-8-12/h4-9,11H,1-3H3. The maximum absolute atomic E-state index is 4.99. The molecule has 0 N–H and O–H groups in total. The Kier molecular flexibility index (Phi) is 4.60. The molecule has 1 aromatic carbocycles. The molecule has 0 saturated carbocycles. The molecule has 1 nitrogen and oxygen atoms in total. The van der Waals surface area contributed by atoms with Gasteiger partial charge in [-0.2, -0.15) is 0 Å². The molecule has 0 aliphatic carbocycles. The van der Waals surface area contributed by atoms with Gasteiger partial charge in [0.1, 0.15) is 0 Å². The Bertz CT molecular complexity index is 292. The second-order valence-electron chi connectivity index (χ2n) is 3.17. The van der Waals surface area contributed by atoms with Crippen molar-refractivity contribution in [3.8, 4) is 0 Å². The van der Waals surface area contributed by atoms with Gasteiger partial charge in [0, 0.05) is 10.1 Å². The van der Waals surface area contributed by atoms with Crippen molar-refractivity contribution in [2.75, 3.05) is 7.11 Å². The summed E-state index contributed by atoms with van der Waals surface area (Å²) in [6.07, 6.45) is 1.81. The predicted octanol–water partition coefficient (Wildman–Crippen LogP) is 3.72. The van der Waals surface area contributed by atoms with Crippen LogP contribution in [0.25, 0.3) is 0 Å². The van der Waals surface area contributed by atoms with Crippen LogP contribution in [-0.2, 0) is 4.74 Å². The molecule has 0 radical (unpaired) electrons. The molecule has 1 unspecified atom stereocenters. The van der Waals surface area contributed by atoms with Gasteiger partial charge in [0.15, 0.2) is 0 Å². The molecule has 0 aliphatic rings. The van der Waals surface area contributed by atoms with E-state index in [0.29, 0.717) is 5.25 Å². The Morgan fingerprint density at radius 1 is 1.36 bits per heavy atom. The molecule has 0 fully saturated rings. The number of ether oxygens (including phenoxy) is 1. The minimum absolute atomic E-state index is 0.456. The fraction of sp³-hybridized carbons (Fsp3) is 0.333. The minimum Gasteiger partial charge on any atom is -0.504 e. The summed E-state index contributed by atoms with van der Waals surface area (Å²) < 4.78 is 4.99. The van der Waals surface area contributed by atoms with E-state index in [1.54, 1.807) is 13.4 Å². The third-order valence-corrected chi connectivity index (χ3v) is 3.27. The molecule has 0 aromatic heterocycles. The predicted molar refractivity (Wildman–Crippen MR) is 62.5 cm³/mol. The summed E-state index contributed by atoms with van der Waals surface area (Å²) in [5.41, 5.74) is 1.25. The third-order valence-electron chi connectivity index (χ3n) is 2.00. The summed E-state index contributed by atoms with van der Waals surface area (Å²) in [5.74, 6) is 0. The number of rotatable bonds is 4. The van der Waals surface area contributed by atoms with Crippen molar-refractivity contribution in [1.82, 2.24) is 0 Å². The van der Waals surface area contributed by atoms with Crippen LogP contribution < -0.4 is 0 Å². The first-order valence-electron chi connectivity index (χ1n) is 4.65. The minimum atomic E-state index is 0.456. The average Bonchev–Trinajstić information content (AvgIpc) is 2.19. The van der Waals surface area contributed by atoms with E-state index in [-0.39, 0.29) is 0 Å². The number of thioether (sulfide) groups is 1. The highest BCUT2D eigenvalue weighted by Gasteiger charge is 2.05. The van der Waals surface area contributed by atoms with Gasteiger partial charge < -0.3 is 4.74 Å². The lowest BCUT2D eigenvalue weighted by molar-refractivity contribution is 0.333. The molecule has 14 heavy (non-hydrogen) atoms. The largest absolute Gasteiger partial charge is 0.504 e. The van der Waals surface area contributed by atoms with E-state index < -0.39 is 0 Å². The lowest BCUT2D eigenvalue weighted by Gasteiger charge is -2.11. The summed E-state index contributed by atoms with van der Waals surface area (Å²) in [6.45, 7) is 4.27. The Morgan fingerprint density at radius 3 is 2.57 bits per heavy atom. The maximum atomic E-state index is 4.99. The van der Waals surface area contributed by atoms with Crippen LogP contribution in [0, 0.1) is 0 Å². The zero-order valence-electron chi connectivity index (χ0n) is 8.86. The van der Waals surface area contributed by atoms with Gasteiger partial charge in [-0.15, -0.1) is 11.8 Å². The molecular weight excluding hydrogens is 192 g/mol. The normalized spacial score (nSPS) is 13.8. The van der Waals surface area contributed by atoms with E-state index in [0.717, 1.165) is 0 Å². The van der Waals surface area contributed by atoms with Gasteiger partial charge in [0.2, 0.25) is 0 Å². The number of hydrogen-bond acceptors (Lipinski definition) is 2. The first-order chi connectivity index (χ1) is 6.74. The second kappa shape index (κ2) is 5.76. The molecule has 1 atom stereocenters. The summed E-state index contributed by atoms with van der Waals surface area (Å²) >= 11 is 1.84. The number of methoxy groups -OCH3 is 1. The van der Waals surface area contributed by atoms with Gasteiger partial charge in [0.25, 0.3) is 0 Å². The third kappa shape index (κ3) is 3.46. The van der Waals surface area contributed by atoms with Crippen molar-refractivity contribution in [3.05, 3.63) is 42.2 Å². The topological polar surface area (TPSA) is 9.23 Å². The molecular formula is C12H16OS. The molecule has 76 valence electrons. The molecule has 0 bridgehead atoms. The average molecular weight is 208 g/mol. The van der Waals surface area contributed by atoms with Crippen LogP contribution in [0.4, 0.5) is 0 Å². The van der Waals surface area contributed by atoms with E-state index in [1.165, 1.54) is 10.5 Å². The molecule has 1 rings (SSSR count). The van der Waals surface area contributed by atoms with E-state index in [2.05, 4.69) is 38.1 Å². The van der Waals surface area contributed by atoms with Gasteiger partial charge in [-0.1, -0.05) is 18.2 Å². The zero-order valence-corrected chi connectivity index (χ0v) is 9.67. The Labute approximate surface area is 90.2 Å². The van der Waals surface area contributed by atoms with Crippen molar-refractivity contribution in [2.24, 2.45) is 0 Å². The van der Waals surface area contributed by atoms with Crippen molar-refractivity contribution in [1.29, 1.82) is 0 Å². The van der Waals surface area contributed by atoms with Crippen LogP contribution in [0.15, 0.2) is 47.1 Å². The van der Waals surface area contributed by atoms with Gasteiger partial charge in [-0.05, 0) is 31.6 Å². The second-order valence-corrected chi connectivity index (χ2v) is 4.58. The van der Waals surface area contributed by atoms with Crippen molar-refractivity contribution >= 4 is 11.8 Å². The molecule has 2 heteroatoms. The van der Waals surface area contributed by atoms with Gasteiger partial charge in [-0.3, -0.25) is 0 Å². The Hall–Kier alpha value is -0.890. The van der Waals surface area contributed by atoms with Crippen molar-refractivity contribution in [2.45, 2.75) is 24.0 Å². The highest BCUT2D eigenvalue weighted by Crippen LogP contribution is 2.26. The van der Waals surface area contributed by atoms with E-state index >= 15 is 0 Å². The van der Waals surface area contributed by atoms with E-state index in [4.69, 9.17) is 4.74 Å². The van der Waals surface area contributed by atoms with Crippen LogP contribution >= 0.6 is 11.8 Å². The molecule has 0 amide bonds. The van der Waals surface area contributed by atoms with Crippen LogP contribution in [0.2, 0.25) is 0 Å². The van der Waals surface area contributed by atoms with Crippen LogP contribution in [0.3, 0.4) is 0 Å². The highest BCUT2D eigenvalue weighted by atomic mass is 32.2. The summed E-state index contributed by atoms with van der Waals surface area (Å²) in [5, 5.41) is 0.456. The van der Waals surface area contributed by atoms with Gasteiger partial charge >= 0.3 is 0 Å². The van der Waals surface area contributed by atoms with E-state index in [1.807, 2.05) is 17.8 Å². The monoisotopic (exact) mass is 208 g/mol. The van der Waals surface area contributed by atoms with Crippen LogP contribution in [0.1, 0.15) is 13.8 Å². The summed E-state index contributed by atoms with van der Waals surface area (Å²) in [7, 11) is 1.68. The molecule has 1 aromatic rings. The summed E-state index contributed by atoms with van der Waals surface area (Å²) in [6, 6.07) is 10.4. The Balaban J connectivity index is 2.57. The molecule has 0 aliphatic heterocycles. The quantitative estimate of drug-likeness (QED) is 0.551. The SMILES string of the molecule is COC=C(C)C(C)Sc1ccccc1. The molecule has 0 heterocycles. The Morgan fingerprint density at radius 2 is 2.00 bits per heavy atom. The maximum Gasteiger partial charge on any atom is 0.0824 e. The summed E-state index contributed by atoms with van der Waals surface area (Å²) in [4.78, 5) is 1.30. The molecule has 0 spiro atoms. The van der Waals surface area contributed by atoms with Gasteiger partial charge in [-0.25, -0.2) is 0 Å². The zero-order chi connectivity index (χ0) is 10.4. The van der Waals surface area contributed by atoms with Crippen molar-refractivity contribution in [3.63, 3.8) is 0 Å². The fourth-order valence-corrected chi connectivity index (χ4v) is 2.04. The number of benzene rings is 1. The van der Waals surface area contributed by atoms with Crippen LogP contribution in [0.5, 0.6) is 0 Å². The lowest BCUT2D eigenvalue weighted by atomic mass is 10.3. The fourth-order valence-electron chi connectivity index (χ4n) is 1.08. The molecule has 0 saturated heterocycles. The van der Waals surface area contributed by atoms with Gasteiger partial charge in [0.05, 0.1) is 13.4 Å². The first kappa shape index (κ1) is 11.2. The first-order valence-corrected chi connectivity index (χ1v) is 5.53. The lowest BCUT2D eigenvalue weighted by Crippen LogP contribution is -1.97. The number of hydrogen-bond donors (Lipinski definition) is 0. The smallest absolute Gasteiger partial charge is 0.0824 e. The van der Waals surface area contributed by atoms with Crippen molar-refractivity contribution < 1.29 is 4.74 Å². The van der Waals surface area contributed by atoms with E-state index in [9.17, 15) is 0 Å². The van der Waals surface area contributed by atoms with Crippen LogP contribution in [-0.4, -0.2) is 12.4 Å². The highest BCUT2D eigenvalue weighted by molar-refractivity contribution is 8.00.